The third-order valence-corrected chi connectivity index (χ3v) is 5.33. The molecule has 0 aliphatic rings. The lowest BCUT2D eigenvalue weighted by atomic mass is 10.1. The van der Waals surface area contributed by atoms with Crippen molar-refractivity contribution < 1.29 is 9.53 Å². The van der Waals surface area contributed by atoms with Crippen molar-refractivity contribution in [1.82, 2.24) is 9.88 Å². The number of aromatic nitrogens is 1. The van der Waals surface area contributed by atoms with E-state index in [1.165, 1.54) is 5.56 Å². The van der Waals surface area contributed by atoms with Gasteiger partial charge in [-0.3, -0.25) is 4.79 Å². The van der Waals surface area contributed by atoms with E-state index < -0.39 is 0 Å². The van der Waals surface area contributed by atoms with E-state index in [-0.39, 0.29) is 5.91 Å². The van der Waals surface area contributed by atoms with Crippen LogP contribution in [0.2, 0.25) is 0 Å². The third kappa shape index (κ3) is 4.90. The number of H-pyrrole nitrogens is 1. The van der Waals surface area contributed by atoms with Gasteiger partial charge in [0.05, 0.1) is 6.42 Å². The number of carbonyl (C=O) groups is 1. The summed E-state index contributed by atoms with van der Waals surface area (Å²) in [6.45, 7) is 1.23. The van der Waals surface area contributed by atoms with Gasteiger partial charge in [0.2, 0.25) is 5.91 Å². The van der Waals surface area contributed by atoms with Gasteiger partial charge >= 0.3 is 0 Å². The fraction of sp³-hybridized carbons (Fsp3) is 0.192. The summed E-state index contributed by atoms with van der Waals surface area (Å²) in [5, 5.41) is 1.03. The predicted molar refractivity (Wildman–Crippen MR) is 121 cm³/mol. The van der Waals surface area contributed by atoms with Crippen LogP contribution in [-0.2, 0) is 24.2 Å². The number of likely N-dealkylation sites (N-methyl/N-ethyl adjacent to an activating group) is 1. The molecule has 4 heteroatoms. The van der Waals surface area contributed by atoms with E-state index in [2.05, 4.69) is 17.1 Å². The highest BCUT2D eigenvalue weighted by Gasteiger charge is 2.13. The number of rotatable bonds is 8. The molecule has 4 nitrogen and oxygen atoms in total. The van der Waals surface area contributed by atoms with Gasteiger partial charge in [-0.15, -0.1) is 0 Å². The number of carbonyl (C=O) groups excluding carboxylic acids is 1. The SMILES string of the molecule is CN(CCc1ccccc1)C(=O)Cc1c[nH]c2ccc(OCc3ccccc3)cc12. The molecule has 0 unspecified atom stereocenters. The third-order valence-electron chi connectivity index (χ3n) is 5.33. The number of fused-ring (bicyclic) bond motifs is 1. The molecule has 4 aromatic rings. The lowest BCUT2D eigenvalue weighted by molar-refractivity contribution is -0.129. The summed E-state index contributed by atoms with van der Waals surface area (Å²) in [4.78, 5) is 17.8. The zero-order chi connectivity index (χ0) is 20.8. The molecule has 0 radical (unpaired) electrons. The minimum Gasteiger partial charge on any atom is -0.489 e. The van der Waals surface area contributed by atoms with Gasteiger partial charge in [0, 0.05) is 30.7 Å². The van der Waals surface area contributed by atoms with Crippen molar-refractivity contribution in [3.8, 4) is 5.75 Å². The van der Waals surface area contributed by atoms with Gasteiger partial charge in [0.15, 0.2) is 0 Å². The maximum Gasteiger partial charge on any atom is 0.226 e. The normalized spacial score (nSPS) is 10.8. The lowest BCUT2D eigenvalue weighted by Crippen LogP contribution is -2.30. The van der Waals surface area contributed by atoms with E-state index in [9.17, 15) is 4.79 Å². The zero-order valence-corrected chi connectivity index (χ0v) is 17.2. The van der Waals surface area contributed by atoms with Crippen molar-refractivity contribution in [1.29, 1.82) is 0 Å². The average Bonchev–Trinajstić information content (AvgIpc) is 3.19. The Morgan fingerprint density at radius 3 is 2.37 bits per heavy atom. The molecule has 152 valence electrons. The van der Waals surface area contributed by atoms with Crippen LogP contribution in [0.25, 0.3) is 10.9 Å². The van der Waals surface area contributed by atoms with E-state index in [4.69, 9.17) is 4.74 Å². The molecule has 0 aliphatic carbocycles. The zero-order valence-electron chi connectivity index (χ0n) is 17.2. The van der Waals surface area contributed by atoms with E-state index in [0.717, 1.165) is 34.2 Å². The molecule has 0 saturated carbocycles. The summed E-state index contributed by atoms with van der Waals surface area (Å²) in [6.07, 6.45) is 3.15. The number of amides is 1. The van der Waals surface area contributed by atoms with Crippen LogP contribution in [0.1, 0.15) is 16.7 Å². The molecule has 0 spiro atoms. The van der Waals surface area contributed by atoms with Crippen molar-refractivity contribution in [2.45, 2.75) is 19.4 Å². The molecule has 0 atom stereocenters. The minimum absolute atomic E-state index is 0.113. The van der Waals surface area contributed by atoms with Gasteiger partial charge in [-0.05, 0) is 41.3 Å². The van der Waals surface area contributed by atoms with Crippen LogP contribution in [0.5, 0.6) is 5.75 Å². The maximum absolute atomic E-state index is 12.8. The van der Waals surface area contributed by atoms with Gasteiger partial charge in [0.25, 0.3) is 0 Å². The molecule has 0 aliphatic heterocycles. The van der Waals surface area contributed by atoms with Gasteiger partial charge in [0.1, 0.15) is 12.4 Å². The number of aromatic amines is 1. The highest BCUT2D eigenvalue weighted by Crippen LogP contribution is 2.25. The summed E-state index contributed by atoms with van der Waals surface area (Å²) < 4.78 is 5.96. The quantitative estimate of drug-likeness (QED) is 0.454. The predicted octanol–water partition coefficient (Wildman–Crippen LogP) is 4.99. The van der Waals surface area contributed by atoms with Crippen molar-refractivity contribution in [3.63, 3.8) is 0 Å². The minimum atomic E-state index is 0.113. The largest absolute Gasteiger partial charge is 0.489 e. The standard InChI is InChI=1S/C26H26N2O2/c1-28(15-14-20-8-4-2-5-9-20)26(29)16-22-18-27-25-13-12-23(17-24(22)25)30-19-21-10-6-3-7-11-21/h2-13,17-18,27H,14-16,19H2,1H3. The highest BCUT2D eigenvalue weighted by atomic mass is 16.5. The average molecular weight is 399 g/mol. The summed E-state index contributed by atoms with van der Waals surface area (Å²) in [5.41, 5.74) is 4.37. The van der Waals surface area contributed by atoms with Crippen LogP contribution >= 0.6 is 0 Å². The topological polar surface area (TPSA) is 45.3 Å². The number of ether oxygens (including phenoxy) is 1. The molecule has 1 amide bonds. The Bertz CT molecular complexity index is 1100. The Labute approximate surface area is 177 Å². The number of hydrogen-bond acceptors (Lipinski definition) is 2. The molecule has 0 fully saturated rings. The molecular weight excluding hydrogens is 372 g/mol. The summed E-state index contributed by atoms with van der Waals surface area (Å²) >= 11 is 0. The smallest absolute Gasteiger partial charge is 0.226 e. The second kappa shape index (κ2) is 9.31. The van der Waals surface area contributed by atoms with Gasteiger partial charge in [-0.2, -0.15) is 0 Å². The summed E-state index contributed by atoms with van der Waals surface area (Å²) in [5.74, 6) is 0.916. The molecule has 0 saturated heterocycles. The Hall–Kier alpha value is -3.53. The van der Waals surface area contributed by atoms with Crippen LogP contribution in [0.15, 0.2) is 85.1 Å². The first-order valence-electron chi connectivity index (χ1n) is 10.2. The maximum atomic E-state index is 12.8. The Kier molecular flexibility index (Phi) is 6.14. The second-order valence-electron chi connectivity index (χ2n) is 7.52. The fourth-order valence-corrected chi connectivity index (χ4v) is 3.50. The van der Waals surface area contributed by atoms with Crippen LogP contribution in [0.3, 0.4) is 0 Å². The Morgan fingerprint density at radius 2 is 1.63 bits per heavy atom. The van der Waals surface area contributed by atoms with Crippen LogP contribution in [0, 0.1) is 0 Å². The van der Waals surface area contributed by atoms with Crippen LogP contribution in [-0.4, -0.2) is 29.4 Å². The second-order valence-corrected chi connectivity index (χ2v) is 7.52. The number of nitrogens with zero attached hydrogens (tertiary/aromatic N) is 1. The first-order chi connectivity index (χ1) is 14.7. The van der Waals surface area contributed by atoms with E-state index >= 15 is 0 Å². The molecule has 1 N–H and O–H groups in total. The van der Waals surface area contributed by atoms with Crippen molar-refractivity contribution >= 4 is 16.8 Å². The molecule has 0 bridgehead atoms. The molecule has 4 rings (SSSR count). The van der Waals surface area contributed by atoms with Gasteiger partial charge in [-0.25, -0.2) is 0 Å². The first kappa shape index (κ1) is 19.8. The van der Waals surface area contributed by atoms with Crippen molar-refractivity contribution in [2.75, 3.05) is 13.6 Å². The Morgan fingerprint density at radius 1 is 0.933 bits per heavy atom. The lowest BCUT2D eigenvalue weighted by Gasteiger charge is -2.17. The van der Waals surface area contributed by atoms with E-state index in [1.54, 1.807) is 0 Å². The fourth-order valence-electron chi connectivity index (χ4n) is 3.50. The van der Waals surface area contributed by atoms with E-state index in [0.29, 0.717) is 19.6 Å². The van der Waals surface area contributed by atoms with Crippen molar-refractivity contribution in [2.24, 2.45) is 0 Å². The molecular formula is C26H26N2O2. The number of benzene rings is 3. The van der Waals surface area contributed by atoms with Crippen molar-refractivity contribution in [3.05, 3.63) is 102 Å². The van der Waals surface area contributed by atoms with Gasteiger partial charge < -0.3 is 14.6 Å². The number of nitrogens with one attached hydrogen (secondary N) is 1. The van der Waals surface area contributed by atoms with Crippen LogP contribution in [0.4, 0.5) is 0 Å². The summed E-state index contributed by atoms with van der Waals surface area (Å²) in [7, 11) is 1.87. The molecule has 30 heavy (non-hydrogen) atoms. The van der Waals surface area contributed by atoms with E-state index in [1.807, 2.05) is 84.9 Å². The molecule has 1 heterocycles. The molecule has 3 aromatic carbocycles. The summed E-state index contributed by atoms with van der Waals surface area (Å²) in [6, 6.07) is 26.3. The first-order valence-corrected chi connectivity index (χ1v) is 10.2. The van der Waals surface area contributed by atoms with Crippen LogP contribution < -0.4 is 4.74 Å². The molecule has 1 aromatic heterocycles. The number of hydrogen-bond donors (Lipinski definition) is 1. The monoisotopic (exact) mass is 398 g/mol. The highest BCUT2D eigenvalue weighted by molar-refractivity contribution is 5.89. The Balaban J connectivity index is 1.40. The van der Waals surface area contributed by atoms with Gasteiger partial charge in [-0.1, -0.05) is 60.7 Å².